The van der Waals surface area contributed by atoms with E-state index in [1.807, 2.05) is 18.2 Å². The molecular formula is C14H18ClNO2. The Morgan fingerprint density at radius 3 is 2.61 bits per heavy atom. The highest BCUT2D eigenvalue weighted by Crippen LogP contribution is 2.46. The van der Waals surface area contributed by atoms with Crippen LogP contribution in [0.2, 0.25) is 5.02 Å². The van der Waals surface area contributed by atoms with E-state index in [2.05, 4.69) is 4.90 Å². The van der Waals surface area contributed by atoms with Gasteiger partial charge in [-0.1, -0.05) is 23.7 Å². The number of morpholine rings is 1. The van der Waals surface area contributed by atoms with Gasteiger partial charge in [-0.2, -0.15) is 0 Å². The van der Waals surface area contributed by atoms with E-state index >= 15 is 0 Å². The van der Waals surface area contributed by atoms with E-state index in [1.54, 1.807) is 0 Å². The Bertz CT molecular complexity index is 439. The first-order valence-corrected chi connectivity index (χ1v) is 6.87. The van der Waals surface area contributed by atoms with Gasteiger partial charge in [-0.05, 0) is 30.0 Å². The summed E-state index contributed by atoms with van der Waals surface area (Å²) in [5.74, 6) is 0. The average molecular weight is 268 g/mol. The van der Waals surface area contributed by atoms with Gasteiger partial charge >= 0.3 is 0 Å². The van der Waals surface area contributed by atoms with Crippen LogP contribution in [0.15, 0.2) is 18.2 Å². The highest BCUT2D eigenvalue weighted by atomic mass is 35.5. The van der Waals surface area contributed by atoms with Crippen LogP contribution in [-0.4, -0.2) is 36.3 Å². The van der Waals surface area contributed by atoms with Crippen molar-refractivity contribution in [1.82, 2.24) is 4.90 Å². The van der Waals surface area contributed by atoms with Crippen LogP contribution in [0.4, 0.5) is 0 Å². The molecule has 2 aliphatic rings. The van der Waals surface area contributed by atoms with Crippen LogP contribution in [0, 0.1) is 0 Å². The number of benzene rings is 1. The number of rotatable bonds is 3. The molecule has 0 bridgehead atoms. The summed E-state index contributed by atoms with van der Waals surface area (Å²) in [4.78, 5) is 2.34. The molecule has 3 rings (SSSR count). The summed E-state index contributed by atoms with van der Waals surface area (Å²) in [5.41, 5.74) is 1.49. The Hall–Kier alpha value is -0.610. The van der Waals surface area contributed by atoms with Crippen molar-refractivity contribution in [2.24, 2.45) is 0 Å². The minimum Gasteiger partial charge on any atom is -0.385 e. The van der Waals surface area contributed by atoms with E-state index in [0.29, 0.717) is 0 Å². The van der Waals surface area contributed by atoms with Crippen LogP contribution in [0.3, 0.4) is 0 Å². The Kier molecular flexibility index (Phi) is 3.32. The van der Waals surface area contributed by atoms with E-state index < -0.39 is 5.60 Å². The largest absolute Gasteiger partial charge is 0.385 e. The molecule has 1 aliphatic heterocycles. The molecule has 1 aliphatic carbocycles. The Labute approximate surface area is 112 Å². The molecule has 1 N–H and O–H groups in total. The van der Waals surface area contributed by atoms with Crippen molar-refractivity contribution in [3.63, 3.8) is 0 Å². The van der Waals surface area contributed by atoms with Gasteiger partial charge in [0.05, 0.1) is 18.8 Å². The fourth-order valence-corrected chi connectivity index (χ4v) is 2.61. The molecule has 0 radical (unpaired) electrons. The predicted octanol–water partition coefficient (Wildman–Crippen LogP) is 2.15. The standard InChI is InChI=1S/C14H18ClNO2/c15-13-9-12(14(17)3-4-14)2-1-11(13)10-16-5-7-18-8-6-16/h1-2,9,17H,3-8,10H2. The fraction of sp³-hybridized carbons (Fsp3) is 0.571. The van der Waals surface area contributed by atoms with Crippen molar-refractivity contribution in [1.29, 1.82) is 0 Å². The third kappa shape index (κ3) is 2.54. The maximum Gasteiger partial charge on any atom is 0.0899 e. The summed E-state index contributed by atoms with van der Waals surface area (Å²) in [5, 5.41) is 10.8. The van der Waals surface area contributed by atoms with Gasteiger partial charge in [-0.25, -0.2) is 0 Å². The van der Waals surface area contributed by atoms with Crippen molar-refractivity contribution >= 4 is 11.6 Å². The normalized spacial score (nSPS) is 23.0. The first-order chi connectivity index (χ1) is 8.67. The summed E-state index contributed by atoms with van der Waals surface area (Å²) in [6.45, 7) is 4.38. The first-order valence-electron chi connectivity index (χ1n) is 6.49. The van der Waals surface area contributed by atoms with Crippen LogP contribution < -0.4 is 0 Å². The van der Waals surface area contributed by atoms with Gasteiger partial charge in [-0.15, -0.1) is 0 Å². The van der Waals surface area contributed by atoms with E-state index in [1.165, 1.54) is 0 Å². The van der Waals surface area contributed by atoms with Crippen LogP contribution in [-0.2, 0) is 16.9 Å². The van der Waals surface area contributed by atoms with Gasteiger partial charge in [0.2, 0.25) is 0 Å². The molecule has 0 spiro atoms. The lowest BCUT2D eigenvalue weighted by atomic mass is 10.0. The second-order valence-electron chi connectivity index (χ2n) is 5.23. The average Bonchev–Trinajstić information content (AvgIpc) is 3.12. The zero-order valence-electron chi connectivity index (χ0n) is 10.4. The number of hydrogen-bond acceptors (Lipinski definition) is 3. The Balaban J connectivity index is 1.72. The highest BCUT2D eigenvalue weighted by Gasteiger charge is 2.42. The molecule has 3 nitrogen and oxygen atoms in total. The van der Waals surface area contributed by atoms with Crippen LogP contribution in [0.5, 0.6) is 0 Å². The third-order valence-electron chi connectivity index (χ3n) is 3.81. The van der Waals surface area contributed by atoms with Crippen molar-refractivity contribution in [3.8, 4) is 0 Å². The summed E-state index contributed by atoms with van der Waals surface area (Å²) in [6.07, 6.45) is 1.71. The molecule has 4 heteroatoms. The maximum absolute atomic E-state index is 10.1. The number of halogens is 1. The monoisotopic (exact) mass is 267 g/mol. The number of aliphatic hydroxyl groups is 1. The quantitative estimate of drug-likeness (QED) is 0.911. The molecule has 0 aromatic heterocycles. The summed E-state index contributed by atoms with van der Waals surface area (Å²) in [6, 6.07) is 5.97. The van der Waals surface area contributed by atoms with Gasteiger partial charge in [0.1, 0.15) is 0 Å². The fourth-order valence-electron chi connectivity index (χ4n) is 2.37. The van der Waals surface area contributed by atoms with E-state index in [4.69, 9.17) is 16.3 Å². The van der Waals surface area contributed by atoms with E-state index in [9.17, 15) is 5.11 Å². The lowest BCUT2D eigenvalue weighted by Gasteiger charge is -2.27. The topological polar surface area (TPSA) is 32.7 Å². The molecule has 0 unspecified atom stereocenters. The summed E-state index contributed by atoms with van der Waals surface area (Å²) < 4.78 is 5.33. The van der Waals surface area contributed by atoms with Crippen LogP contribution in [0.1, 0.15) is 24.0 Å². The molecule has 18 heavy (non-hydrogen) atoms. The van der Waals surface area contributed by atoms with Crippen molar-refractivity contribution in [2.45, 2.75) is 25.0 Å². The Morgan fingerprint density at radius 2 is 2.00 bits per heavy atom. The molecule has 0 amide bonds. The van der Waals surface area contributed by atoms with Gasteiger partial charge in [-0.3, -0.25) is 4.90 Å². The number of ether oxygens (including phenoxy) is 1. The van der Waals surface area contributed by atoms with Crippen molar-refractivity contribution in [2.75, 3.05) is 26.3 Å². The van der Waals surface area contributed by atoms with Gasteiger partial charge in [0, 0.05) is 24.7 Å². The molecule has 0 atom stereocenters. The van der Waals surface area contributed by atoms with Crippen molar-refractivity contribution < 1.29 is 9.84 Å². The van der Waals surface area contributed by atoms with Gasteiger partial charge < -0.3 is 9.84 Å². The second-order valence-corrected chi connectivity index (χ2v) is 5.63. The SMILES string of the molecule is OC1(c2ccc(CN3CCOCC3)c(Cl)c2)CC1. The number of nitrogens with zero attached hydrogens (tertiary/aromatic N) is 1. The van der Waals surface area contributed by atoms with Gasteiger partial charge in [0.25, 0.3) is 0 Å². The lowest BCUT2D eigenvalue weighted by Crippen LogP contribution is -2.35. The van der Waals surface area contributed by atoms with Crippen LogP contribution in [0.25, 0.3) is 0 Å². The number of hydrogen-bond donors (Lipinski definition) is 1. The minimum atomic E-state index is -0.596. The third-order valence-corrected chi connectivity index (χ3v) is 4.16. The molecule has 2 fully saturated rings. The molecule has 1 saturated carbocycles. The first kappa shape index (κ1) is 12.4. The smallest absolute Gasteiger partial charge is 0.0899 e. The van der Waals surface area contributed by atoms with Gasteiger partial charge in [0.15, 0.2) is 0 Å². The maximum atomic E-state index is 10.1. The zero-order valence-corrected chi connectivity index (χ0v) is 11.1. The predicted molar refractivity (Wildman–Crippen MR) is 70.7 cm³/mol. The molecule has 1 aromatic carbocycles. The second kappa shape index (κ2) is 4.82. The molecular weight excluding hydrogens is 250 g/mol. The molecule has 1 aromatic rings. The van der Waals surface area contributed by atoms with E-state index in [-0.39, 0.29) is 0 Å². The Morgan fingerprint density at radius 1 is 1.28 bits per heavy atom. The van der Waals surface area contributed by atoms with E-state index in [0.717, 1.165) is 61.8 Å². The molecule has 98 valence electrons. The molecule has 1 saturated heterocycles. The minimum absolute atomic E-state index is 0.596. The highest BCUT2D eigenvalue weighted by molar-refractivity contribution is 6.31. The van der Waals surface area contributed by atoms with Crippen LogP contribution >= 0.6 is 11.6 Å². The molecule has 1 heterocycles. The zero-order chi connectivity index (χ0) is 12.6. The van der Waals surface area contributed by atoms with Crippen molar-refractivity contribution in [3.05, 3.63) is 34.3 Å². The summed E-state index contributed by atoms with van der Waals surface area (Å²) >= 11 is 6.31. The summed E-state index contributed by atoms with van der Waals surface area (Å²) in [7, 11) is 0. The lowest BCUT2D eigenvalue weighted by molar-refractivity contribution is 0.0342.